The maximum Gasteiger partial charge on any atom is 0.256 e. The molecule has 4 heterocycles. The first-order chi connectivity index (χ1) is 19.8. The van der Waals surface area contributed by atoms with Gasteiger partial charge < -0.3 is 15.0 Å². The number of hydrogen-bond acceptors (Lipinski definition) is 8. The molecule has 0 spiro atoms. The maximum atomic E-state index is 15.1. The number of benzene rings is 2. The number of fused-ring (bicyclic) bond motifs is 2. The number of nitrogens with one attached hydrogen (secondary N) is 1. The monoisotopic (exact) mass is 589 g/mol. The van der Waals surface area contributed by atoms with Crippen molar-refractivity contribution in [2.75, 3.05) is 24.7 Å². The molecule has 6 rings (SSSR count). The van der Waals surface area contributed by atoms with E-state index in [1.54, 1.807) is 17.0 Å². The molecule has 0 unspecified atom stereocenters. The van der Waals surface area contributed by atoms with Gasteiger partial charge in [-0.25, -0.2) is 9.37 Å². The second-order valence-electron chi connectivity index (χ2n) is 10.6. The van der Waals surface area contributed by atoms with Crippen molar-refractivity contribution in [3.05, 3.63) is 77.1 Å². The van der Waals surface area contributed by atoms with Gasteiger partial charge in [-0.15, -0.1) is 10.2 Å². The Morgan fingerprint density at radius 1 is 1.07 bits per heavy atom. The lowest BCUT2D eigenvalue weighted by Crippen LogP contribution is -2.38. The van der Waals surface area contributed by atoms with Crippen LogP contribution in [0.3, 0.4) is 0 Å². The van der Waals surface area contributed by atoms with Crippen molar-refractivity contribution in [3.8, 4) is 22.9 Å². The minimum Gasteiger partial charge on any atom is -0.438 e. The molecule has 0 saturated carbocycles. The van der Waals surface area contributed by atoms with Crippen molar-refractivity contribution in [2.24, 2.45) is 5.41 Å². The first-order valence-electron chi connectivity index (χ1n) is 13.3. The standard InChI is InChI=1S/C30H28FN5O3S2/c1-30(2,27(38)33-28-34-35-29(40-3)41-28)24-19-8-4-5-9-23(19)39-25-20(24)12-13-22(32-25)17-10-11-18(21(31)16-17)26(37)36-14-6-7-15-36/h4-5,8-13,16,24H,6-7,14-15H2,1-3H3,(H,33,34,38)/t24-/m0/s1. The van der Waals surface area contributed by atoms with Crippen LogP contribution >= 0.6 is 23.1 Å². The summed E-state index contributed by atoms with van der Waals surface area (Å²) in [5.74, 6) is -0.500. The number of hydrogen-bond donors (Lipinski definition) is 1. The van der Waals surface area contributed by atoms with Gasteiger partial charge in [-0.3, -0.25) is 9.59 Å². The minimum atomic E-state index is -0.924. The molecule has 2 aliphatic rings. The Kier molecular flexibility index (Phi) is 7.25. The zero-order valence-electron chi connectivity index (χ0n) is 22.8. The minimum absolute atomic E-state index is 0.0618. The third kappa shape index (κ3) is 5.08. The molecule has 2 aliphatic heterocycles. The zero-order chi connectivity index (χ0) is 28.7. The highest BCUT2D eigenvalue weighted by atomic mass is 32.2. The molecule has 41 heavy (non-hydrogen) atoms. The number of carbonyl (C=O) groups is 2. The first kappa shape index (κ1) is 27.3. The van der Waals surface area contributed by atoms with Crippen molar-refractivity contribution in [3.63, 3.8) is 0 Å². The highest BCUT2D eigenvalue weighted by Crippen LogP contribution is 2.52. The van der Waals surface area contributed by atoms with Gasteiger partial charge in [0.15, 0.2) is 4.34 Å². The van der Waals surface area contributed by atoms with Gasteiger partial charge in [-0.05, 0) is 43.4 Å². The van der Waals surface area contributed by atoms with Gasteiger partial charge in [0.05, 0.1) is 16.7 Å². The number of rotatable bonds is 6. The molecule has 2 aromatic heterocycles. The van der Waals surface area contributed by atoms with Crippen LogP contribution in [0.1, 0.15) is 54.1 Å². The fourth-order valence-electron chi connectivity index (χ4n) is 5.45. The van der Waals surface area contributed by atoms with E-state index in [1.807, 2.05) is 50.4 Å². The fraction of sp³-hybridized carbons (Fsp3) is 0.300. The number of aromatic nitrogens is 3. The molecule has 210 valence electrons. The topological polar surface area (TPSA) is 97.3 Å². The van der Waals surface area contributed by atoms with E-state index in [-0.39, 0.29) is 23.3 Å². The number of nitrogens with zero attached hydrogens (tertiary/aromatic N) is 4. The molecule has 1 N–H and O–H groups in total. The van der Waals surface area contributed by atoms with Gasteiger partial charge in [0.2, 0.25) is 16.9 Å². The quantitative estimate of drug-likeness (QED) is 0.200. The van der Waals surface area contributed by atoms with Crippen LogP contribution in [0, 0.1) is 11.2 Å². The van der Waals surface area contributed by atoms with E-state index in [4.69, 9.17) is 9.72 Å². The Labute approximate surface area is 245 Å². The van der Waals surface area contributed by atoms with Gasteiger partial charge in [0.25, 0.3) is 5.91 Å². The van der Waals surface area contributed by atoms with Crippen molar-refractivity contribution < 1.29 is 18.7 Å². The summed E-state index contributed by atoms with van der Waals surface area (Å²) in [6, 6.07) is 15.8. The van der Waals surface area contributed by atoms with Gasteiger partial charge in [-0.2, -0.15) is 0 Å². The van der Waals surface area contributed by atoms with Crippen molar-refractivity contribution in [2.45, 2.75) is 36.9 Å². The second-order valence-corrected chi connectivity index (χ2v) is 12.6. The summed E-state index contributed by atoms with van der Waals surface area (Å²) >= 11 is 2.79. The van der Waals surface area contributed by atoms with Crippen LogP contribution in [0.25, 0.3) is 11.3 Å². The van der Waals surface area contributed by atoms with E-state index >= 15 is 4.39 Å². The summed E-state index contributed by atoms with van der Waals surface area (Å²) in [4.78, 5) is 32.8. The molecule has 0 radical (unpaired) electrons. The molecule has 2 amide bonds. The van der Waals surface area contributed by atoms with Gasteiger partial charge in [0, 0.05) is 35.7 Å². The van der Waals surface area contributed by atoms with E-state index in [9.17, 15) is 9.59 Å². The lowest BCUT2D eigenvalue weighted by molar-refractivity contribution is -0.124. The maximum absolute atomic E-state index is 15.1. The number of ether oxygens (including phenoxy) is 1. The molecule has 1 atom stereocenters. The number of halogens is 1. The molecule has 4 aromatic rings. The molecule has 0 aliphatic carbocycles. The van der Waals surface area contributed by atoms with Crippen LogP contribution in [0.5, 0.6) is 11.6 Å². The Hall–Kier alpha value is -3.83. The summed E-state index contributed by atoms with van der Waals surface area (Å²) in [5, 5.41) is 11.5. The summed E-state index contributed by atoms with van der Waals surface area (Å²) in [6.45, 7) is 5.07. The van der Waals surface area contributed by atoms with E-state index in [0.717, 1.165) is 28.3 Å². The first-order valence-corrected chi connectivity index (χ1v) is 15.4. The third-order valence-electron chi connectivity index (χ3n) is 7.63. The number of pyridine rings is 1. The van der Waals surface area contributed by atoms with Crippen LogP contribution in [0.2, 0.25) is 0 Å². The second kappa shape index (κ2) is 10.9. The van der Waals surface area contributed by atoms with Gasteiger partial charge in [0.1, 0.15) is 11.6 Å². The van der Waals surface area contributed by atoms with E-state index in [2.05, 4.69) is 15.5 Å². The normalized spacial score (nSPS) is 16.1. The predicted molar refractivity (Wildman–Crippen MR) is 157 cm³/mol. The predicted octanol–water partition coefficient (Wildman–Crippen LogP) is 6.60. The Morgan fingerprint density at radius 3 is 2.59 bits per heavy atom. The van der Waals surface area contributed by atoms with Gasteiger partial charge in [-0.1, -0.05) is 67.3 Å². The van der Waals surface area contributed by atoms with Crippen molar-refractivity contribution >= 4 is 40.0 Å². The summed E-state index contributed by atoms with van der Waals surface area (Å²) < 4.78 is 22.1. The molecule has 8 nitrogen and oxygen atoms in total. The SMILES string of the molecule is CSc1nnc(NC(=O)C(C)(C)[C@H]2c3ccccc3Oc3nc(-c4ccc(C(=O)N5CCCC5)c(F)c4)ccc32)s1. The number of thioether (sulfide) groups is 1. The lowest BCUT2D eigenvalue weighted by Gasteiger charge is -2.37. The molecule has 1 saturated heterocycles. The summed E-state index contributed by atoms with van der Waals surface area (Å²) in [6.07, 6.45) is 3.78. The van der Waals surface area contributed by atoms with Crippen LogP contribution < -0.4 is 10.1 Å². The number of likely N-dealkylation sites (tertiary alicyclic amines) is 1. The average molecular weight is 590 g/mol. The number of amides is 2. The highest BCUT2D eigenvalue weighted by molar-refractivity contribution is 8.00. The Balaban J connectivity index is 1.33. The molecule has 0 bridgehead atoms. The smallest absolute Gasteiger partial charge is 0.256 e. The highest BCUT2D eigenvalue weighted by Gasteiger charge is 2.44. The molecule has 2 aromatic carbocycles. The van der Waals surface area contributed by atoms with Crippen molar-refractivity contribution in [1.29, 1.82) is 0 Å². The largest absolute Gasteiger partial charge is 0.438 e. The number of para-hydroxylation sites is 1. The Bertz CT molecular complexity index is 1650. The van der Waals surface area contributed by atoms with Crippen LogP contribution in [-0.4, -0.2) is 51.2 Å². The molecule has 1 fully saturated rings. The van der Waals surface area contributed by atoms with E-state index in [0.29, 0.717) is 41.1 Å². The third-order valence-corrected chi connectivity index (χ3v) is 9.45. The zero-order valence-corrected chi connectivity index (χ0v) is 24.4. The number of anilines is 1. The van der Waals surface area contributed by atoms with E-state index < -0.39 is 11.2 Å². The van der Waals surface area contributed by atoms with Crippen LogP contribution in [0.15, 0.2) is 58.9 Å². The fourth-order valence-corrected chi connectivity index (χ4v) is 6.61. The summed E-state index contributed by atoms with van der Waals surface area (Å²) in [7, 11) is 0. The van der Waals surface area contributed by atoms with Crippen molar-refractivity contribution in [1.82, 2.24) is 20.1 Å². The van der Waals surface area contributed by atoms with Gasteiger partial charge >= 0.3 is 0 Å². The molecular formula is C30H28FN5O3S2. The van der Waals surface area contributed by atoms with E-state index in [1.165, 1.54) is 35.2 Å². The Morgan fingerprint density at radius 2 is 1.85 bits per heavy atom. The number of carbonyl (C=O) groups excluding carboxylic acids is 2. The summed E-state index contributed by atoms with van der Waals surface area (Å²) in [5.41, 5.74) is 1.78. The molecule has 11 heteroatoms. The van der Waals surface area contributed by atoms with Crippen LogP contribution in [0.4, 0.5) is 9.52 Å². The molecular weight excluding hydrogens is 561 g/mol. The van der Waals surface area contributed by atoms with Crippen LogP contribution in [-0.2, 0) is 4.79 Å². The lowest BCUT2D eigenvalue weighted by atomic mass is 9.69. The average Bonchev–Trinajstić information content (AvgIpc) is 3.68.